The number of carbonyl (C=O) groups is 3. The zero-order valence-electron chi connectivity index (χ0n) is 30.2. The Bertz CT molecular complexity index is 1970. The summed E-state index contributed by atoms with van der Waals surface area (Å²) in [6, 6.07) is 21.1. The first-order valence-corrected chi connectivity index (χ1v) is 19.1. The van der Waals surface area contributed by atoms with E-state index in [1.807, 2.05) is 41.3 Å². The maximum absolute atomic E-state index is 14.2. The average molecular weight is 776 g/mol. The Hall–Kier alpha value is -4.72. The number of halogens is 2. The van der Waals surface area contributed by atoms with Crippen molar-refractivity contribution in [3.05, 3.63) is 99.8 Å². The predicted octanol–water partition coefficient (Wildman–Crippen LogP) is 5.65. The molecule has 3 aromatic carbocycles. The summed E-state index contributed by atoms with van der Waals surface area (Å²) >= 11 is 13.0. The monoisotopic (exact) mass is 774 g/mol. The van der Waals surface area contributed by atoms with Crippen LogP contribution in [-0.4, -0.2) is 111 Å². The van der Waals surface area contributed by atoms with E-state index >= 15 is 0 Å². The number of hydrogen-bond donors (Lipinski definition) is 2. The van der Waals surface area contributed by atoms with E-state index in [2.05, 4.69) is 37.9 Å². The van der Waals surface area contributed by atoms with Crippen LogP contribution in [0.2, 0.25) is 10.0 Å². The lowest BCUT2D eigenvalue weighted by molar-refractivity contribution is -0.143. The SMILES string of the molecule is COc1ccc(-n2cnnn2)cc1C(=O)N1CCC(CCN2CCC(NC(=O)N3CCC(C(=O)O)CC3)(c3ccccc3)CC2)(c2ccc(Cl)c(Cl)c2)C1. The summed E-state index contributed by atoms with van der Waals surface area (Å²) in [4.78, 5) is 45.4. The zero-order chi connectivity index (χ0) is 37.9. The normalized spacial score (nSPS) is 20.5. The molecule has 1 aromatic heterocycles. The molecule has 3 aliphatic heterocycles. The first-order chi connectivity index (χ1) is 26.1. The summed E-state index contributed by atoms with van der Waals surface area (Å²) in [7, 11) is 1.55. The molecule has 4 heterocycles. The Kier molecular flexibility index (Phi) is 11.1. The number of ether oxygens (including phenoxy) is 1. The number of nitrogens with zero attached hydrogens (tertiary/aromatic N) is 7. The molecule has 7 rings (SSSR count). The summed E-state index contributed by atoms with van der Waals surface area (Å²) in [5.74, 6) is -0.878. The lowest BCUT2D eigenvalue weighted by Crippen LogP contribution is -2.57. The van der Waals surface area contributed by atoms with Gasteiger partial charge >= 0.3 is 12.0 Å². The van der Waals surface area contributed by atoms with Crippen LogP contribution in [0.15, 0.2) is 73.1 Å². The molecule has 54 heavy (non-hydrogen) atoms. The molecule has 3 amide bonds. The topological polar surface area (TPSA) is 146 Å². The fourth-order valence-corrected chi connectivity index (χ4v) is 8.60. The molecular weight excluding hydrogens is 731 g/mol. The molecule has 13 nitrogen and oxygen atoms in total. The number of methoxy groups -OCH3 is 1. The minimum Gasteiger partial charge on any atom is -0.496 e. The third kappa shape index (κ3) is 7.75. The molecule has 0 aliphatic carbocycles. The first-order valence-electron chi connectivity index (χ1n) is 18.3. The van der Waals surface area contributed by atoms with Crippen molar-refractivity contribution in [2.24, 2.45) is 5.92 Å². The van der Waals surface area contributed by atoms with Gasteiger partial charge in [0.05, 0.1) is 39.9 Å². The van der Waals surface area contributed by atoms with Crippen LogP contribution in [-0.2, 0) is 15.7 Å². The Morgan fingerprint density at radius 1 is 0.889 bits per heavy atom. The number of likely N-dealkylation sites (tertiary alicyclic amines) is 3. The lowest BCUT2D eigenvalue weighted by Gasteiger charge is -2.45. The molecule has 0 bridgehead atoms. The van der Waals surface area contributed by atoms with E-state index in [1.165, 1.54) is 11.0 Å². The lowest BCUT2D eigenvalue weighted by atomic mass is 9.76. The Labute approximate surface area is 324 Å². The molecule has 3 saturated heterocycles. The second kappa shape index (κ2) is 15.9. The number of aliphatic carboxylic acids is 1. The van der Waals surface area contributed by atoms with Crippen molar-refractivity contribution in [3.63, 3.8) is 0 Å². The summed E-state index contributed by atoms with van der Waals surface area (Å²) in [6.45, 7) is 4.18. The number of tetrazole rings is 1. The van der Waals surface area contributed by atoms with Crippen molar-refractivity contribution in [3.8, 4) is 11.4 Å². The second-order valence-corrected chi connectivity index (χ2v) is 15.4. The fourth-order valence-electron chi connectivity index (χ4n) is 8.30. The molecule has 284 valence electrons. The van der Waals surface area contributed by atoms with Crippen molar-refractivity contribution in [1.29, 1.82) is 0 Å². The first kappa shape index (κ1) is 37.6. The number of amides is 3. The Morgan fingerprint density at radius 2 is 1.65 bits per heavy atom. The predicted molar refractivity (Wildman–Crippen MR) is 203 cm³/mol. The molecule has 4 aromatic rings. The summed E-state index contributed by atoms with van der Waals surface area (Å²) in [5, 5.41) is 25.2. The molecule has 0 saturated carbocycles. The number of carboxylic acids is 1. The minimum atomic E-state index is -0.798. The average Bonchev–Trinajstić information content (AvgIpc) is 3.91. The van der Waals surface area contributed by atoms with Crippen molar-refractivity contribution < 1.29 is 24.2 Å². The van der Waals surface area contributed by atoms with Crippen LogP contribution in [0.1, 0.15) is 60.0 Å². The molecule has 1 unspecified atom stereocenters. The second-order valence-electron chi connectivity index (χ2n) is 14.6. The molecule has 2 N–H and O–H groups in total. The third-order valence-corrected chi connectivity index (χ3v) is 12.4. The molecule has 3 aliphatic rings. The zero-order valence-corrected chi connectivity index (χ0v) is 31.7. The van der Waals surface area contributed by atoms with Gasteiger partial charge in [-0.05, 0) is 97.0 Å². The van der Waals surface area contributed by atoms with Gasteiger partial charge in [-0.3, -0.25) is 9.59 Å². The number of hydrogen-bond acceptors (Lipinski definition) is 8. The number of urea groups is 1. The largest absolute Gasteiger partial charge is 0.496 e. The van der Waals surface area contributed by atoms with Gasteiger partial charge in [-0.2, -0.15) is 0 Å². The van der Waals surface area contributed by atoms with Crippen LogP contribution in [0, 0.1) is 5.92 Å². The maximum atomic E-state index is 14.2. The van der Waals surface area contributed by atoms with Gasteiger partial charge in [-0.15, -0.1) is 5.10 Å². The molecular formula is C39H44Cl2N8O5. The Balaban J connectivity index is 1.07. The number of carbonyl (C=O) groups excluding carboxylic acids is 2. The molecule has 15 heteroatoms. The van der Waals surface area contributed by atoms with Crippen LogP contribution >= 0.6 is 23.2 Å². The third-order valence-electron chi connectivity index (χ3n) is 11.6. The van der Waals surface area contributed by atoms with Gasteiger partial charge in [0.1, 0.15) is 12.1 Å². The maximum Gasteiger partial charge on any atom is 0.318 e. The van der Waals surface area contributed by atoms with Crippen LogP contribution < -0.4 is 10.1 Å². The van der Waals surface area contributed by atoms with Crippen LogP contribution in [0.5, 0.6) is 5.75 Å². The molecule has 3 fully saturated rings. The van der Waals surface area contributed by atoms with Gasteiger partial charge in [0.15, 0.2) is 0 Å². The number of benzene rings is 3. The van der Waals surface area contributed by atoms with Gasteiger partial charge in [0.25, 0.3) is 5.91 Å². The van der Waals surface area contributed by atoms with Crippen molar-refractivity contribution in [2.45, 2.75) is 49.5 Å². The van der Waals surface area contributed by atoms with Crippen molar-refractivity contribution in [2.75, 3.05) is 52.9 Å². The number of nitrogens with one attached hydrogen (secondary N) is 1. The highest BCUT2D eigenvalue weighted by Crippen LogP contribution is 2.42. The number of piperidine rings is 2. The smallest absolute Gasteiger partial charge is 0.318 e. The highest BCUT2D eigenvalue weighted by atomic mass is 35.5. The van der Waals surface area contributed by atoms with Gasteiger partial charge in [-0.1, -0.05) is 59.6 Å². The summed E-state index contributed by atoms with van der Waals surface area (Å²) in [5.41, 5.74) is 2.25. The Morgan fingerprint density at radius 3 is 2.31 bits per heavy atom. The van der Waals surface area contributed by atoms with Crippen molar-refractivity contribution >= 4 is 41.1 Å². The van der Waals surface area contributed by atoms with Crippen LogP contribution in [0.3, 0.4) is 0 Å². The molecule has 0 radical (unpaired) electrons. The minimum absolute atomic E-state index is 0.141. The van der Waals surface area contributed by atoms with Gasteiger partial charge in [-0.25, -0.2) is 9.48 Å². The highest BCUT2D eigenvalue weighted by Gasteiger charge is 2.44. The van der Waals surface area contributed by atoms with E-state index in [-0.39, 0.29) is 17.4 Å². The van der Waals surface area contributed by atoms with Gasteiger partial charge in [0.2, 0.25) is 0 Å². The van der Waals surface area contributed by atoms with Crippen LogP contribution in [0.25, 0.3) is 5.69 Å². The van der Waals surface area contributed by atoms with Crippen molar-refractivity contribution in [1.82, 2.24) is 40.2 Å². The fraction of sp³-hybridized carbons (Fsp3) is 0.436. The van der Waals surface area contributed by atoms with E-state index in [1.54, 1.807) is 30.2 Å². The van der Waals surface area contributed by atoms with E-state index in [4.69, 9.17) is 27.9 Å². The highest BCUT2D eigenvalue weighted by molar-refractivity contribution is 6.42. The van der Waals surface area contributed by atoms with E-state index in [0.29, 0.717) is 66.1 Å². The number of carboxylic acid groups (broad SMARTS) is 1. The summed E-state index contributed by atoms with van der Waals surface area (Å²) in [6.07, 6.45) is 5.35. The summed E-state index contributed by atoms with van der Waals surface area (Å²) < 4.78 is 7.11. The van der Waals surface area contributed by atoms with E-state index in [0.717, 1.165) is 56.4 Å². The molecule has 1 atom stereocenters. The standard InChI is InChI=1S/C39H44Cl2N8O5/c1-54-34-10-8-30(49-26-42-44-45-49)24-31(34)35(50)48-22-14-38(25-48,29-7-9-32(40)33(41)23-29)13-19-46-20-15-39(16-21-46,28-5-3-2-4-6-28)43-37(53)47-17-11-27(12-18-47)36(51)52/h2-10,23-24,26-27H,11-22,25H2,1H3,(H,43,53)(H,51,52). The van der Waals surface area contributed by atoms with E-state index < -0.39 is 17.4 Å². The number of rotatable bonds is 10. The van der Waals surface area contributed by atoms with E-state index in [9.17, 15) is 19.5 Å². The molecule has 0 spiro atoms. The van der Waals surface area contributed by atoms with Crippen LogP contribution in [0.4, 0.5) is 4.79 Å². The van der Waals surface area contributed by atoms with Gasteiger partial charge < -0.3 is 29.9 Å². The quantitative estimate of drug-likeness (QED) is 0.209. The number of aromatic nitrogens is 4. The van der Waals surface area contributed by atoms with Gasteiger partial charge in [0, 0.05) is 44.7 Å².